The first-order chi connectivity index (χ1) is 14.7. The van der Waals surface area contributed by atoms with Crippen LogP contribution >= 0.6 is 0 Å². The molecule has 1 unspecified atom stereocenters. The van der Waals surface area contributed by atoms with Gasteiger partial charge in [-0.2, -0.15) is 0 Å². The summed E-state index contributed by atoms with van der Waals surface area (Å²) in [5.41, 5.74) is 4.81. The number of nitrogens with zero attached hydrogens (tertiary/aromatic N) is 2. The van der Waals surface area contributed by atoms with E-state index in [9.17, 15) is 9.18 Å². The molecule has 3 aromatic carbocycles. The van der Waals surface area contributed by atoms with Crippen molar-refractivity contribution < 1.29 is 9.18 Å². The Hall–Kier alpha value is -3.66. The third-order valence-electron chi connectivity index (χ3n) is 5.72. The number of benzene rings is 3. The van der Waals surface area contributed by atoms with Gasteiger partial charge in [-0.3, -0.25) is 4.79 Å². The molecule has 0 saturated heterocycles. The minimum atomic E-state index is -0.278. The van der Waals surface area contributed by atoms with E-state index in [1.165, 1.54) is 12.1 Å². The van der Waals surface area contributed by atoms with Crippen molar-refractivity contribution in [3.63, 3.8) is 0 Å². The summed E-state index contributed by atoms with van der Waals surface area (Å²) in [6.07, 6.45) is 2.03. The fourth-order valence-electron chi connectivity index (χ4n) is 4.20. The summed E-state index contributed by atoms with van der Waals surface area (Å²) in [7, 11) is 0. The van der Waals surface area contributed by atoms with Crippen LogP contribution in [-0.2, 0) is 6.54 Å². The van der Waals surface area contributed by atoms with Crippen molar-refractivity contribution in [1.82, 2.24) is 9.47 Å². The third kappa shape index (κ3) is 3.30. The number of carbonyl (C=O) groups excluding carboxylic acids is 1. The quantitative estimate of drug-likeness (QED) is 0.446. The average molecular weight is 396 g/mol. The normalized spacial score (nSPS) is 15.6. The molecule has 0 spiro atoms. The van der Waals surface area contributed by atoms with Crippen molar-refractivity contribution in [3.8, 4) is 11.1 Å². The molecule has 148 valence electrons. The largest absolute Gasteiger partial charge is 0.348 e. The fourth-order valence-corrected chi connectivity index (χ4v) is 4.20. The van der Waals surface area contributed by atoms with Gasteiger partial charge < -0.3 is 9.47 Å². The van der Waals surface area contributed by atoms with Gasteiger partial charge in [0, 0.05) is 30.5 Å². The van der Waals surface area contributed by atoms with E-state index < -0.39 is 0 Å². The van der Waals surface area contributed by atoms with Crippen molar-refractivity contribution in [2.75, 3.05) is 6.54 Å². The molecular weight excluding hydrogens is 375 g/mol. The Labute approximate surface area is 175 Å². The summed E-state index contributed by atoms with van der Waals surface area (Å²) >= 11 is 0. The topological polar surface area (TPSA) is 25.2 Å². The molecule has 4 heteroatoms. The van der Waals surface area contributed by atoms with Gasteiger partial charge in [0.2, 0.25) is 0 Å². The van der Waals surface area contributed by atoms with Crippen molar-refractivity contribution in [1.29, 1.82) is 0 Å². The second-order valence-electron chi connectivity index (χ2n) is 7.52. The number of carbonyl (C=O) groups is 1. The molecule has 1 aliphatic rings. The van der Waals surface area contributed by atoms with Gasteiger partial charge in [0.25, 0.3) is 5.91 Å². The zero-order valence-electron chi connectivity index (χ0n) is 16.4. The molecule has 3 nitrogen and oxygen atoms in total. The van der Waals surface area contributed by atoms with Crippen LogP contribution in [0.1, 0.15) is 27.7 Å². The molecule has 0 saturated carbocycles. The smallest absolute Gasteiger partial charge is 0.254 e. The summed E-state index contributed by atoms with van der Waals surface area (Å²) in [4.78, 5) is 15.4. The second-order valence-corrected chi connectivity index (χ2v) is 7.52. The van der Waals surface area contributed by atoms with E-state index in [2.05, 4.69) is 16.7 Å². The molecule has 0 bridgehead atoms. The van der Waals surface area contributed by atoms with Crippen LogP contribution in [0.15, 0.2) is 97.2 Å². The lowest BCUT2D eigenvalue weighted by Crippen LogP contribution is -2.42. The molecule has 0 radical (unpaired) electrons. The van der Waals surface area contributed by atoms with Gasteiger partial charge in [0.15, 0.2) is 0 Å². The van der Waals surface area contributed by atoms with Crippen LogP contribution in [0.5, 0.6) is 0 Å². The molecule has 0 fully saturated rings. The first-order valence-electron chi connectivity index (χ1n) is 10.1. The first kappa shape index (κ1) is 18.4. The summed E-state index contributed by atoms with van der Waals surface area (Å²) in [5, 5.41) is 0. The van der Waals surface area contributed by atoms with Gasteiger partial charge in [0.1, 0.15) is 5.82 Å². The van der Waals surface area contributed by atoms with Gasteiger partial charge in [-0.25, -0.2) is 4.39 Å². The molecule has 5 rings (SSSR count). The highest BCUT2D eigenvalue weighted by Crippen LogP contribution is 2.34. The summed E-state index contributed by atoms with van der Waals surface area (Å²) < 4.78 is 15.7. The zero-order valence-corrected chi connectivity index (χ0v) is 16.4. The highest BCUT2D eigenvalue weighted by molar-refractivity contribution is 5.95. The van der Waals surface area contributed by atoms with Gasteiger partial charge in [0.05, 0.1) is 6.04 Å². The van der Waals surface area contributed by atoms with Crippen molar-refractivity contribution in [2.45, 2.75) is 12.6 Å². The third-order valence-corrected chi connectivity index (χ3v) is 5.72. The van der Waals surface area contributed by atoms with Crippen LogP contribution in [0.25, 0.3) is 11.1 Å². The standard InChI is InChI=1S/C26H21FN2O/c27-23-14-12-21(13-15-23)25-24-7-4-16-28(24)17-18-29(25)26(30)22-10-8-20(9-11-22)19-5-2-1-3-6-19/h1-16,25H,17-18H2. The first-order valence-corrected chi connectivity index (χ1v) is 10.1. The number of rotatable bonds is 3. The minimum Gasteiger partial charge on any atom is -0.348 e. The predicted molar refractivity (Wildman–Crippen MR) is 116 cm³/mol. The van der Waals surface area contributed by atoms with E-state index in [1.807, 2.05) is 65.7 Å². The molecule has 0 aliphatic carbocycles. The monoisotopic (exact) mass is 396 g/mol. The highest BCUT2D eigenvalue weighted by atomic mass is 19.1. The number of amides is 1. The van der Waals surface area contributed by atoms with Gasteiger partial charge in [-0.1, -0.05) is 54.6 Å². The SMILES string of the molecule is O=C(c1ccc(-c2ccccc2)cc1)N1CCn2cccc2C1c1ccc(F)cc1. The number of hydrogen-bond donors (Lipinski definition) is 0. The Morgan fingerprint density at radius 3 is 2.20 bits per heavy atom. The Balaban J connectivity index is 1.48. The second kappa shape index (κ2) is 7.64. The van der Waals surface area contributed by atoms with Gasteiger partial charge >= 0.3 is 0 Å². The fraction of sp³-hybridized carbons (Fsp3) is 0.115. The zero-order chi connectivity index (χ0) is 20.5. The predicted octanol–water partition coefficient (Wildman–Crippen LogP) is 5.54. The van der Waals surface area contributed by atoms with E-state index in [0.29, 0.717) is 12.1 Å². The van der Waals surface area contributed by atoms with Crippen molar-refractivity contribution in [2.24, 2.45) is 0 Å². The lowest BCUT2D eigenvalue weighted by atomic mass is 9.98. The Morgan fingerprint density at radius 2 is 1.47 bits per heavy atom. The Bertz CT molecular complexity index is 1160. The minimum absolute atomic E-state index is 0.0172. The lowest BCUT2D eigenvalue weighted by Gasteiger charge is -2.37. The van der Waals surface area contributed by atoms with Crippen molar-refractivity contribution >= 4 is 5.91 Å². The maximum Gasteiger partial charge on any atom is 0.254 e. The Morgan fingerprint density at radius 1 is 0.767 bits per heavy atom. The van der Waals surface area contributed by atoms with E-state index >= 15 is 0 Å². The van der Waals surface area contributed by atoms with Crippen LogP contribution in [0.3, 0.4) is 0 Å². The molecule has 30 heavy (non-hydrogen) atoms. The molecule has 1 aromatic heterocycles. The van der Waals surface area contributed by atoms with E-state index in [4.69, 9.17) is 0 Å². The van der Waals surface area contributed by atoms with Crippen LogP contribution < -0.4 is 0 Å². The van der Waals surface area contributed by atoms with Crippen LogP contribution in [0.4, 0.5) is 4.39 Å². The maximum atomic E-state index is 13.5. The average Bonchev–Trinajstić information content (AvgIpc) is 3.28. The van der Waals surface area contributed by atoms with Crippen LogP contribution in [0, 0.1) is 5.82 Å². The molecular formula is C26H21FN2O. The molecule has 4 aromatic rings. The molecule has 1 aliphatic heterocycles. The van der Waals surface area contributed by atoms with E-state index in [0.717, 1.165) is 28.9 Å². The molecule has 0 N–H and O–H groups in total. The number of aromatic nitrogens is 1. The Kier molecular flexibility index (Phi) is 4.68. The van der Waals surface area contributed by atoms with Crippen LogP contribution in [0.2, 0.25) is 0 Å². The molecule has 1 atom stereocenters. The van der Waals surface area contributed by atoms with E-state index in [1.54, 1.807) is 12.1 Å². The van der Waals surface area contributed by atoms with Crippen molar-refractivity contribution in [3.05, 3.63) is 120 Å². The lowest BCUT2D eigenvalue weighted by molar-refractivity contribution is 0.0664. The summed E-state index contributed by atoms with van der Waals surface area (Å²) in [5.74, 6) is -0.296. The molecule has 1 amide bonds. The molecule has 2 heterocycles. The van der Waals surface area contributed by atoms with Crippen LogP contribution in [-0.4, -0.2) is 21.9 Å². The maximum absolute atomic E-state index is 13.5. The van der Waals surface area contributed by atoms with E-state index in [-0.39, 0.29) is 17.8 Å². The number of halogens is 1. The van der Waals surface area contributed by atoms with Gasteiger partial charge in [-0.15, -0.1) is 0 Å². The number of fused-ring (bicyclic) bond motifs is 1. The van der Waals surface area contributed by atoms with Gasteiger partial charge in [-0.05, 0) is 53.1 Å². The summed E-state index contributed by atoms with van der Waals surface area (Å²) in [6.45, 7) is 1.34. The highest BCUT2D eigenvalue weighted by Gasteiger charge is 2.32. The summed E-state index contributed by atoms with van der Waals surface area (Å²) in [6, 6.07) is 28.1. The number of hydrogen-bond acceptors (Lipinski definition) is 1.